The van der Waals surface area contributed by atoms with Gasteiger partial charge in [0.05, 0.1) is 12.6 Å². The molecule has 2 aromatic carbocycles. The third kappa shape index (κ3) is 3.30. The van der Waals surface area contributed by atoms with Gasteiger partial charge in [0, 0.05) is 39.9 Å². The number of amides is 1. The van der Waals surface area contributed by atoms with E-state index in [-0.39, 0.29) is 17.3 Å². The molecule has 0 bridgehead atoms. The van der Waals surface area contributed by atoms with Gasteiger partial charge in [-0.25, -0.2) is 9.78 Å². The first-order valence-electron chi connectivity index (χ1n) is 9.98. The van der Waals surface area contributed by atoms with Gasteiger partial charge < -0.3 is 20.0 Å². The number of nitrogens with zero attached hydrogens (tertiary/aromatic N) is 1. The fourth-order valence-electron chi connectivity index (χ4n) is 3.95. The van der Waals surface area contributed by atoms with Gasteiger partial charge in [-0.15, -0.1) is 0 Å². The lowest BCUT2D eigenvalue weighted by atomic mass is 10.1. The maximum Gasteiger partial charge on any atom is 0.356 e. The molecule has 7 heteroatoms. The molecule has 0 saturated heterocycles. The summed E-state index contributed by atoms with van der Waals surface area (Å²) in [5, 5.41) is 5.75. The third-order valence-corrected chi connectivity index (χ3v) is 5.46. The molecule has 0 aliphatic heterocycles. The van der Waals surface area contributed by atoms with E-state index in [1.807, 2.05) is 48.7 Å². The number of aromatic nitrogens is 3. The van der Waals surface area contributed by atoms with Crippen LogP contribution >= 0.6 is 0 Å². The number of H-pyrrole nitrogens is 2. The van der Waals surface area contributed by atoms with E-state index in [1.54, 1.807) is 6.07 Å². The Balaban J connectivity index is 1.46. The summed E-state index contributed by atoms with van der Waals surface area (Å²) in [4.78, 5) is 36.0. The molecule has 0 aliphatic carbocycles. The van der Waals surface area contributed by atoms with Crippen LogP contribution in [0.2, 0.25) is 0 Å². The number of pyridine rings is 1. The summed E-state index contributed by atoms with van der Waals surface area (Å²) < 4.78 is 4.83. The number of carbonyl (C=O) groups excluding carboxylic acids is 2. The number of benzene rings is 2. The minimum atomic E-state index is -0.583. The predicted octanol–water partition coefficient (Wildman–Crippen LogP) is 3.96. The van der Waals surface area contributed by atoms with Crippen molar-refractivity contribution < 1.29 is 14.3 Å². The van der Waals surface area contributed by atoms with Crippen molar-refractivity contribution in [3.63, 3.8) is 0 Å². The van der Waals surface area contributed by atoms with Crippen LogP contribution in [0, 0.1) is 0 Å². The number of hydrogen-bond acceptors (Lipinski definition) is 4. The Morgan fingerprint density at radius 3 is 2.55 bits per heavy atom. The van der Waals surface area contributed by atoms with Crippen LogP contribution in [-0.4, -0.2) is 40.5 Å². The Morgan fingerprint density at radius 2 is 1.74 bits per heavy atom. The van der Waals surface area contributed by atoms with E-state index in [0.29, 0.717) is 18.5 Å². The smallest absolute Gasteiger partial charge is 0.356 e. The van der Waals surface area contributed by atoms with Crippen LogP contribution in [0.15, 0.2) is 60.8 Å². The van der Waals surface area contributed by atoms with Crippen molar-refractivity contribution in [2.75, 3.05) is 13.7 Å². The Kier molecular flexibility index (Phi) is 4.63. The Morgan fingerprint density at radius 1 is 1.00 bits per heavy atom. The van der Waals surface area contributed by atoms with Gasteiger partial charge in [0.2, 0.25) is 0 Å². The lowest BCUT2D eigenvalue weighted by Crippen LogP contribution is -2.27. The number of esters is 1. The number of ether oxygens (including phenoxy) is 1. The monoisotopic (exact) mass is 412 g/mol. The molecule has 3 heterocycles. The lowest BCUT2D eigenvalue weighted by molar-refractivity contribution is 0.0594. The van der Waals surface area contributed by atoms with Gasteiger partial charge in [0.25, 0.3) is 5.91 Å². The molecule has 0 fully saturated rings. The summed E-state index contributed by atoms with van der Waals surface area (Å²) in [6.07, 6.45) is 2.63. The fraction of sp³-hybridized carbons (Fsp3) is 0.125. The normalized spacial score (nSPS) is 11.3. The Hall–Kier alpha value is -4.13. The summed E-state index contributed by atoms with van der Waals surface area (Å²) in [5.41, 5.74) is 3.93. The van der Waals surface area contributed by atoms with Gasteiger partial charge in [0.15, 0.2) is 5.69 Å². The van der Waals surface area contributed by atoms with E-state index in [9.17, 15) is 9.59 Å². The van der Waals surface area contributed by atoms with Crippen LogP contribution in [-0.2, 0) is 11.2 Å². The van der Waals surface area contributed by atoms with Crippen molar-refractivity contribution in [2.45, 2.75) is 6.42 Å². The molecule has 5 aromatic rings. The van der Waals surface area contributed by atoms with Crippen molar-refractivity contribution in [3.05, 3.63) is 77.7 Å². The van der Waals surface area contributed by atoms with Gasteiger partial charge in [-0.1, -0.05) is 36.4 Å². The lowest BCUT2D eigenvalue weighted by Gasteiger charge is -2.07. The molecule has 154 valence electrons. The number of hydrogen-bond donors (Lipinski definition) is 3. The number of carbonyl (C=O) groups is 2. The first-order valence-corrected chi connectivity index (χ1v) is 9.98. The Labute approximate surface area is 177 Å². The molecule has 0 atom stereocenters. The van der Waals surface area contributed by atoms with Crippen molar-refractivity contribution in [3.8, 4) is 0 Å². The summed E-state index contributed by atoms with van der Waals surface area (Å²) in [5.74, 6) is -0.929. The maximum atomic E-state index is 13.0. The first-order chi connectivity index (χ1) is 15.2. The molecule has 0 aliphatic rings. The van der Waals surface area contributed by atoms with E-state index >= 15 is 0 Å². The molecule has 0 radical (unpaired) electrons. The minimum absolute atomic E-state index is 0.0986. The number of aromatic amines is 2. The molecular formula is C24H20N4O3. The molecule has 0 unspecified atom stereocenters. The molecule has 7 nitrogen and oxygen atoms in total. The van der Waals surface area contributed by atoms with Crippen LogP contribution < -0.4 is 5.32 Å². The summed E-state index contributed by atoms with van der Waals surface area (Å²) in [7, 11) is 1.30. The second kappa shape index (κ2) is 7.60. The molecule has 3 aromatic heterocycles. The zero-order valence-electron chi connectivity index (χ0n) is 16.9. The third-order valence-electron chi connectivity index (χ3n) is 5.46. The highest BCUT2D eigenvalue weighted by molar-refractivity contribution is 6.15. The van der Waals surface area contributed by atoms with Crippen LogP contribution in [0.4, 0.5) is 0 Å². The Bertz CT molecular complexity index is 1450. The van der Waals surface area contributed by atoms with Gasteiger partial charge in [-0.05, 0) is 30.2 Å². The van der Waals surface area contributed by atoms with Crippen LogP contribution in [0.5, 0.6) is 0 Å². The molecule has 5 rings (SSSR count). The highest BCUT2D eigenvalue weighted by Gasteiger charge is 2.20. The van der Waals surface area contributed by atoms with Crippen molar-refractivity contribution in [1.82, 2.24) is 20.3 Å². The number of para-hydroxylation sites is 2. The zero-order chi connectivity index (χ0) is 21.4. The predicted molar refractivity (Wildman–Crippen MR) is 119 cm³/mol. The summed E-state index contributed by atoms with van der Waals surface area (Å²) in [6.45, 7) is 0.437. The van der Waals surface area contributed by atoms with Gasteiger partial charge in [-0.3, -0.25) is 4.79 Å². The molecule has 31 heavy (non-hydrogen) atoms. The molecule has 1 amide bonds. The number of methoxy groups -OCH3 is 1. The number of rotatable bonds is 5. The van der Waals surface area contributed by atoms with Crippen molar-refractivity contribution in [2.24, 2.45) is 0 Å². The average Bonchev–Trinajstić information content (AvgIpc) is 3.39. The molecule has 0 spiro atoms. The van der Waals surface area contributed by atoms with E-state index in [2.05, 4.69) is 26.3 Å². The maximum absolute atomic E-state index is 13.0. The van der Waals surface area contributed by atoms with Crippen molar-refractivity contribution >= 4 is 44.6 Å². The van der Waals surface area contributed by atoms with Gasteiger partial charge in [-0.2, -0.15) is 0 Å². The molecule has 3 N–H and O–H groups in total. The van der Waals surface area contributed by atoms with E-state index in [0.717, 1.165) is 32.8 Å². The van der Waals surface area contributed by atoms with Crippen LogP contribution in [0.3, 0.4) is 0 Å². The largest absolute Gasteiger partial charge is 0.464 e. The molecule has 0 saturated carbocycles. The van der Waals surface area contributed by atoms with Crippen LogP contribution in [0.1, 0.15) is 26.5 Å². The second-order valence-corrected chi connectivity index (χ2v) is 7.31. The van der Waals surface area contributed by atoms with E-state index in [4.69, 9.17) is 4.74 Å². The quantitative estimate of drug-likeness (QED) is 0.381. The average molecular weight is 412 g/mol. The molecular weight excluding hydrogens is 392 g/mol. The highest BCUT2D eigenvalue weighted by Crippen LogP contribution is 2.28. The highest BCUT2D eigenvalue weighted by atomic mass is 16.5. The topological polar surface area (TPSA) is 99.9 Å². The van der Waals surface area contributed by atoms with Gasteiger partial charge >= 0.3 is 5.97 Å². The fourth-order valence-corrected chi connectivity index (χ4v) is 3.95. The summed E-state index contributed by atoms with van der Waals surface area (Å²) in [6, 6.07) is 17.4. The van der Waals surface area contributed by atoms with Gasteiger partial charge in [0.1, 0.15) is 5.69 Å². The SMILES string of the molecule is COC(=O)c1cc2c([nH]c3ccccc32)c(C(=O)NCCc2c[nH]c3ccccc23)n1. The number of nitrogens with one attached hydrogen (secondary N) is 3. The first kappa shape index (κ1) is 18.9. The van der Waals surface area contributed by atoms with Crippen molar-refractivity contribution in [1.29, 1.82) is 0 Å². The van der Waals surface area contributed by atoms with Crippen LogP contribution in [0.25, 0.3) is 32.7 Å². The van der Waals surface area contributed by atoms with E-state index < -0.39 is 5.97 Å². The number of fused-ring (bicyclic) bond motifs is 4. The van der Waals surface area contributed by atoms with E-state index in [1.165, 1.54) is 7.11 Å². The minimum Gasteiger partial charge on any atom is -0.464 e. The second-order valence-electron chi connectivity index (χ2n) is 7.31. The standard InChI is InChI=1S/C24H20N4O3/c1-31-24(30)20-12-17-16-7-3-5-9-19(16)27-21(17)22(28-20)23(29)25-11-10-14-13-26-18-8-4-2-6-15(14)18/h2-9,12-13,26-27H,10-11H2,1H3,(H,25,29). The zero-order valence-corrected chi connectivity index (χ0v) is 16.9. The summed E-state index contributed by atoms with van der Waals surface area (Å²) >= 11 is 0.